The number of rotatable bonds is 7. The Hall–Kier alpha value is -3.32. The SMILES string of the molecule is C[C@H]1[C@H](F)C[C@@H](C(=O)CCc2cc(-c3cnc(C(F)(F)F)nc3)ncc2F)N1S(=O)(=O)c1ccccc1. The topological polar surface area (TPSA) is 93.1 Å². The molecular formula is C24H21F5N4O3S. The molecular weight excluding hydrogens is 519 g/mol. The molecule has 3 aromatic rings. The number of hydrogen-bond donors (Lipinski definition) is 0. The molecule has 3 heterocycles. The number of carbonyl (C=O) groups is 1. The van der Waals surface area contributed by atoms with E-state index in [0.29, 0.717) is 0 Å². The van der Waals surface area contributed by atoms with Crippen molar-refractivity contribution in [1.82, 2.24) is 19.3 Å². The number of carbonyl (C=O) groups excluding carboxylic acids is 1. The van der Waals surface area contributed by atoms with E-state index in [1.807, 2.05) is 0 Å². The highest BCUT2D eigenvalue weighted by molar-refractivity contribution is 7.89. The Labute approximate surface area is 209 Å². The highest BCUT2D eigenvalue weighted by Gasteiger charge is 2.48. The first-order valence-corrected chi connectivity index (χ1v) is 12.6. The quantitative estimate of drug-likeness (QED) is 0.413. The fourth-order valence-electron chi connectivity index (χ4n) is 4.19. The summed E-state index contributed by atoms with van der Waals surface area (Å²) in [4.78, 5) is 23.3. The van der Waals surface area contributed by atoms with E-state index in [4.69, 9.17) is 0 Å². The van der Waals surface area contributed by atoms with Gasteiger partial charge in [-0.25, -0.2) is 27.2 Å². The number of halogens is 5. The van der Waals surface area contributed by atoms with Crippen molar-refractivity contribution in [1.29, 1.82) is 0 Å². The Morgan fingerprint density at radius 2 is 1.73 bits per heavy atom. The summed E-state index contributed by atoms with van der Waals surface area (Å²) in [6.07, 6.45) is -4.41. The first-order valence-electron chi connectivity index (χ1n) is 11.2. The molecule has 4 rings (SSSR count). The molecule has 0 bridgehead atoms. The van der Waals surface area contributed by atoms with E-state index in [2.05, 4.69) is 15.0 Å². The van der Waals surface area contributed by atoms with Crippen molar-refractivity contribution in [3.05, 3.63) is 72.2 Å². The minimum Gasteiger partial charge on any atom is -0.298 e. The molecule has 13 heteroatoms. The maximum Gasteiger partial charge on any atom is 0.451 e. The number of aromatic nitrogens is 3. The predicted molar refractivity (Wildman–Crippen MR) is 122 cm³/mol. The highest BCUT2D eigenvalue weighted by atomic mass is 32.2. The van der Waals surface area contributed by atoms with Gasteiger partial charge in [-0.1, -0.05) is 18.2 Å². The van der Waals surface area contributed by atoms with Gasteiger partial charge in [-0.05, 0) is 37.1 Å². The molecule has 0 aliphatic carbocycles. The van der Waals surface area contributed by atoms with Crippen LogP contribution in [-0.4, -0.2) is 51.7 Å². The second-order valence-electron chi connectivity index (χ2n) is 8.58. The lowest BCUT2D eigenvalue weighted by atomic mass is 10.0. The van der Waals surface area contributed by atoms with Gasteiger partial charge in [0, 0.05) is 30.8 Å². The second kappa shape index (κ2) is 10.2. The summed E-state index contributed by atoms with van der Waals surface area (Å²) in [6, 6.07) is 6.29. The number of hydrogen-bond acceptors (Lipinski definition) is 6. The first kappa shape index (κ1) is 26.7. The number of ketones is 1. The molecule has 37 heavy (non-hydrogen) atoms. The Morgan fingerprint density at radius 3 is 2.35 bits per heavy atom. The molecule has 1 aromatic carbocycles. The van der Waals surface area contributed by atoms with Crippen molar-refractivity contribution in [2.45, 2.75) is 55.5 Å². The molecule has 0 radical (unpaired) electrons. The van der Waals surface area contributed by atoms with Crippen LogP contribution in [0.25, 0.3) is 11.3 Å². The van der Waals surface area contributed by atoms with Crippen LogP contribution >= 0.6 is 0 Å². The summed E-state index contributed by atoms with van der Waals surface area (Å²) in [5, 5.41) is 0. The molecule has 1 fully saturated rings. The van der Waals surface area contributed by atoms with Crippen LogP contribution < -0.4 is 0 Å². The summed E-state index contributed by atoms with van der Waals surface area (Å²) in [7, 11) is -4.17. The van der Waals surface area contributed by atoms with Gasteiger partial charge in [0.1, 0.15) is 12.0 Å². The Morgan fingerprint density at radius 1 is 1.08 bits per heavy atom. The number of aryl methyl sites for hydroxylation is 1. The number of nitrogens with zero attached hydrogens (tertiary/aromatic N) is 4. The third-order valence-corrected chi connectivity index (χ3v) is 8.16. The largest absolute Gasteiger partial charge is 0.451 e. The van der Waals surface area contributed by atoms with Crippen LogP contribution in [-0.2, 0) is 27.4 Å². The number of Topliss-reactive ketones (excluding diaryl/α,β-unsaturated/α-hetero) is 1. The van der Waals surface area contributed by atoms with Gasteiger partial charge in [0.05, 0.1) is 28.9 Å². The summed E-state index contributed by atoms with van der Waals surface area (Å²) >= 11 is 0. The van der Waals surface area contributed by atoms with E-state index in [-0.39, 0.29) is 41.0 Å². The average molecular weight is 541 g/mol. The molecule has 196 valence electrons. The Balaban J connectivity index is 1.53. The maximum atomic E-state index is 14.6. The average Bonchev–Trinajstić information content (AvgIpc) is 3.18. The van der Waals surface area contributed by atoms with E-state index in [0.717, 1.165) is 22.9 Å². The van der Waals surface area contributed by atoms with E-state index in [1.165, 1.54) is 37.3 Å². The van der Waals surface area contributed by atoms with Gasteiger partial charge in [-0.2, -0.15) is 17.5 Å². The Bertz CT molecular complexity index is 1390. The van der Waals surface area contributed by atoms with Gasteiger partial charge >= 0.3 is 6.18 Å². The van der Waals surface area contributed by atoms with Crippen LogP contribution in [0.5, 0.6) is 0 Å². The van der Waals surface area contributed by atoms with Gasteiger partial charge < -0.3 is 0 Å². The molecule has 0 unspecified atom stereocenters. The van der Waals surface area contributed by atoms with Crippen LogP contribution in [0.4, 0.5) is 22.0 Å². The molecule has 1 saturated heterocycles. The molecule has 2 aromatic heterocycles. The standard InChI is InChI=1S/C24H21F5N4O3S/c1-14-18(25)10-21(33(14)37(35,36)17-5-3-2-4-6-17)22(34)8-7-15-9-20(30-13-19(15)26)16-11-31-23(32-12-16)24(27,28)29/h2-6,9,11-14,18,21H,7-8,10H2,1H3/t14-,18+,21-/m0/s1. The van der Waals surface area contributed by atoms with Crippen molar-refractivity contribution in [2.75, 3.05) is 0 Å². The molecule has 0 spiro atoms. The molecule has 1 aliphatic rings. The maximum absolute atomic E-state index is 14.6. The van der Waals surface area contributed by atoms with E-state index < -0.39 is 51.9 Å². The number of alkyl halides is 4. The third kappa shape index (κ3) is 5.52. The molecule has 7 nitrogen and oxygen atoms in total. The van der Waals surface area contributed by atoms with Gasteiger partial charge in [-0.3, -0.25) is 9.78 Å². The third-order valence-electron chi connectivity index (χ3n) is 6.15. The van der Waals surface area contributed by atoms with Gasteiger partial charge in [0.25, 0.3) is 0 Å². The lowest BCUT2D eigenvalue weighted by molar-refractivity contribution is -0.145. The number of benzene rings is 1. The van der Waals surface area contributed by atoms with E-state index in [9.17, 15) is 35.2 Å². The zero-order chi connectivity index (χ0) is 27.0. The summed E-state index contributed by atoms with van der Waals surface area (Å²) in [6.45, 7) is 1.39. The summed E-state index contributed by atoms with van der Waals surface area (Å²) < 4.78 is 94.4. The van der Waals surface area contributed by atoms with Gasteiger partial charge in [0.2, 0.25) is 15.8 Å². The van der Waals surface area contributed by atoms with Crippen molar-refractivity contribution in [3.63, 3.8) is 0 Å². The fraction of sp³-hybridized carbons (Fsp3) is 0.333. The minimum atomic E-state index is -4.72. The number of pyridine rings is 1. The summed E-state index contributed by atoms with van der Waals surface area (Å²) in [5.41, 5.74) is 0.216. The van der Waals surface area contributed by atoms with Crippen molar-refractivity contribution in [3.8, 4) is 11.3 Å². The van der Waals surface area contributed by atoms with Crippen LogP contribution in [0.3, 0.4) is 0 Å². The van der Waals surface area contributed by atoms with Crippen molar-refractivity contribution >= 4 is 15.8 Å². The normalized spacial score (nSPS) is 20.8. The van der Waals surface area contributed by atoms with E-state index in [1.54, 1.807) is 6.07 Å². The van der Waals surface area contributed by atoms with Crippen LogP contribution in [0.1, 0.15) is 31.2 Å². The van der Waals surface area contributed by atoms with Gasteiger partial charge in [-0.15, -0.1) is 0 Å². The molecule has 3 atom stereocenters. The van der Waals surface area contributed by atoms with Crippen molar-refractivity contribution in [2.24, 2.45) is 0 Å². The molecule has 0 saturated carbocycles. The lowest BCUT2D eigenvalue weighted by Gasteiger charge is -2.26. The van der Waals surface area contributed by atoms with Crippen molar-refractivity contribution < 1.29 is 35.2 Å². The van der Waals surface area contributed by atoms with E-state index >= 15 is 0 Å². The van der Waals surface area contributed by atoms with Crippen LogP contribution in [0.2, 0.25) is 0 Å². The number of sulfonamides is 1. The highest BCUT2D eigenvalue weighted by Crippen LogP contribution is 2.34. The fourth-order valence-corrected chi connectivity index (χ4v) is 6.05. The second-order valence-corrected chi connectivity index (χ2v) is 10.4. The first-order chi connectivity index (χ1) is 17.4. The molecule has 1 aliphatic heterocycles. The predicted octanol–water partition coefficient (Wildman–Crippen LogP) is 4.39. The van der Waals surface area contributed by atoms with Crippen LogP contribution in [0, 0.1) is 5.82 Å². The van der Waals surface area contributed by atoms with Crippen LogP contribution in [0.15, 0.2) is 59.9 Å². The lowest BCUT2D eigenvalue weighted by Crippen LogP contribution is -2.44. The molecule has 0 N–H and O–H groups in total. The zero-order valence-corrected chi connectivity index (χ0v) is 20.2. The molecule has 0 amide bonds. The zero-order valence-electron chi connectivity index (χ0n) is 19.4. The Kier molecular flexibility index (Phi) is 7.38. The minimum absolute atomic E-state index is 0.0264. The smallest absolute Gasteiger partial charge is 0.298 e. The van der Waals surface area contributed by atoms with Gasteiger partial charge in [0.15, 0.2) is 5.78 Å². The summed E-state index contributed by atoms with van der Waals surface area (Å²) in [5.74, 6) is -2.68. The monoisotopic (exact) mass is 540 g/mol.